The molecule has 0 bridgehead atoms. The maximum atomic E-state index is 12.3. The van der Waals surface area contributed by atoms with Gasteiger partial charge in [0, 0.05) is 11.1 Å². The summed E-state index contributed by atoms with van der Waals surface area (Å²) in [6.45, 7) is 6.23. The average Bonchev–Trinajstić information content (AvgIpc) is 3.07. The molecule has 2 rings (SSSR count). The first-order valence-electron chi connectivity index (χ1n) is 6.51. The zero-order valence-corrected chi connectivity index (χ0v) is 15.2. The van der Waals surface area contributed by atoms with E-state index in [0.717, 1.165) is 17.1 Å². The first-order chi connectivity index (χ1) is 9.48. The van der Waals surface area contributed by atoms with Crippen molar-refractivity contribution in [2.75, 3.05) is 0 Å². The molecule has 1 amide bonds. The van der Waals surface area contributed by atoms with Gasteiger partial charge in [0.2, 0.25) is 0 Å². The van der Waals surface area contributed by atoms with Crippen molar-refractivity contribution in [2.24, 2.45) is 5.73 Å². The molecule has 0 aliphatic carbocycles. The van der Waals surface area contributed by atoms with Gasteiger partial charge in [-0.25, -0.2) is 4.98 Å². The lowest BCUT2D eigenvalue weighted by Gasteiger charge is -2.27. The van der Waals surface area contributed by atoms with E-state index in [1.165, 1.54) is 6.26 Å². The van der Waals surface area contributed by atoms with Gasteiger partial charge in [-0.2, -0.15) is 0 Å². The lowest BCUT2D eigenvalue weighted by molar-refractivity contribution is 0.0901. The Labute approximate surface area is 146 Å². The summed E-state index contributed by atoms with van der Waals surface area (Å²) in [5.41, 5.74) is 6.45. The number of rotatable bonds is 5. The van der Waals surface area contributed by atoms with Crippen LogP contribution in [-0.4, -0.2) is 10.9 Å². The van der Waals surface area contributed by atoms with Crippen LogP contribution in [0.15, 0.2) is 22.1 Å². The highest BCUT2D eigenvalue weighted by Gasteiger charge is 2.30. The molecule has 0 saturated heterocycles. The van der Waals surface area contributed by atoms with Crippen LogP contribution >= 0.6 is 36.2 Å². The van der Waals surface area contributed by atoms with Gasteiger partial charge in [0.15, 0.2) is 0 Å². The van der Waals surface area contributed by atoms with Gasteiger partial charge in [-0.05, 0) is 26.3 Å². The fourth-order valence-electron chi connectivity index (χ4n) is 1.83. The molecule has 0 spiro atoms. The van der Waals surface area contributed by atoms with Crippen molar-refractivity contribution in [3.05, 3.63) is 39.7 Å². The van der Waals surface area contributed by atoms with E-state index in [0.29, 0.717) is 11.3 Å². The predicted molar refractivity (Wildman–Crippen MR) is 93.1 cm³/mol. The molecule has 0 radical (unpaired) electrons. The van der Waals surface area contributed by atoms with Gasteiger partial charge in [0.05, 0.1) is 17.6 Å². The molecular formula is C14H21Cl2N3O2S. The van der Waals surface area contributed by atoms with Crippen molar-refractivity contribution in [2.45, 2.75) is 39.3 Å². The van der Waals surface area contributed by atoms with E-state index in [9.17, 15) is 4.79 Å². The number of thiazole rings is 1. The summed E-state index contributed by atoms with van der Waals surface area (Å²) < 4.78 is 5.19. The summed E-state index contributed by atoms with van der Waals surface area (Å²) in [4.78, 5) is 16.8. The van der Waals surface area contributed by atoms with Crippen LogP contribution < -0.4 is 11.1 Å². The van der Waals surface area contributed by atoms with E-state index in [1.807, 2.05) is 26.2 Å². The molecule has 0 aliphatic rings. The number of carbonyl (C=O) groups is 1. The normalized spacial score (nSPS) is 12.7. The third-order valence-electron chi connectivity index (χ3n) is 3.30. The van der Waals surface area contributed by atoms with E-state index in [-0.39, 0.29) is 37.3 Å². The summed E-state index contributed by atoms with van der Waals surface area (Å²) in [7, 11) is 0. The Hall–Kier alpha value is -1.08. The van der Waals surface area contributed by atoms with Gasteiger partial charge in [-0.3, -0.25) is 4.79 Å². The zero-order valence-electron chi connectivity index (χ0n) is 12.7. The number of hydrogen-bond acceptors (Lipinski definition) is 5. The highest BCUT2D eigenvalue weighted by molar-refractivity contribution is 7.09. The second-order valence-corrected chi connectivity index (χ2v) is 5.80. The number of nitrogens with one attached hydrogen (secondary N) is 1. The molecule has 0 aromatic carbocycles. The van der Waals surface area contributed by atoms with E-state index in [4.69, 9.17) is 10.2 Å². The summed E-state index contributed by atoms with van der Waals surface area (Å²) >= 11 is 1.56. The first-order valence-corrected chi connectivity index (χ1v) is 7.39. The average molecular weight is 366 g/mol. The standard InChI is InChI=1S/C14H19N3O2S.2ClH/c1-4-14(3,13-16-9(2)8-20-13)17-12(18)10-5-11(6-15)19-7-10;;/h5,7-8H,4,6,15H2,1-3H3,(H,17,18);2*1H. The molecule has 0 fully saturated rings. The molecule has 1 atom stereocenters. The monoisotopic (exact) mass is 365 g/mol. The number of hydrogen-bond donors (Lipinski definition) is 2. The topological polar surface area (TPSA) is 81.2 Å². The lowest BCUT2D eigenvalue weighted by atomic mass is 9.99. The summed E-state index contributed by atoms with van der Waals surface area (Å²) in [6.07, 6.45) is 2.19. The van der Waals surface area contributed by atoms with Crippen LogP contribution in [0.4, 0.5) is 0 Å². The van der Waals surface area contributed by atoms with E-state index < -0.39 is 5.54 Å². The minimum Gasteiger partial charge on any atom is -0.467 e. The molecule has 2 heterocycles. The number of halogens is 2. The highest BCUT2D eigenvalue weighted by atomic mass is 35.5. The molecule has 0 aliphatic heterocycles. The summed E-state index contributed by atoms with van der Waals surface area (Å²) in [5.74, 6) is 0.420. The highest BCUT2D eigenvalue weighted by Crippen LogP contribution is 2.28. The van der Waals surface area contributed by atoms with Gasteiger partial charge in [-0.1, -0.05) is 6.92 Å². The number of amides is 1. The van der Waals surface area contributed by atoms with Crippen molar-refractivity contribution >= 4 is 42.1 Å². The smallest absolute Gasteiger partial charge is 0.255 e. The molecule has 22 heavy (non-hydrogen) atoms. The largest absolute Gasteiger partial charge is 0.467 e. The molecule has 2 aromatic heterocycles. The van der Waals surface area contributed by atoms with Gasteiger partial charge in [0.25, 0.3) is 5.91 Å². The Morgan fingerprint density at radius 2 is 2.18 bits per heavy atom. The van der Waals surface area contributed by atoms with Crippen LogP contribution in [0.5, 0.6) is 0 Å². The second kappa shape index (κ2) is 8.53. The summed E-state index contributed by atoms with van der Waals surface area (Å²) in [5, 5.41) is 5.93. The fraction of sp³-hybridized carbons (Fsp3) is 0.429. The SMILES string of the molecule is CCC(C)(NC(=O)c1coc(CN)c1)c1nc(C)cs1.Cl.Cl. The molecule has 3 N–H and O–H groups in total. The predicted octanol–water partition coefficient (Wildman–Crippen LogP) is 3.40. The molecule has 5 nitrogen and oxygen atoms in total. The number of nitrogens with zero attached hydrogens (tertiary/aromatic N) is 1. The van der Waals surface area contributed by atoms with Crippen molar-refractivity contribution in [1.29, 1.82) is 0 Å². The molecule has 8 heteroatoms. The number of carbonyl (C=O) groups excluding carboxylic acids is 1. The van der Waals surface area contributed by atoms with Crippen LogP contribution in [0, 0.1) is 6.92 Å². The Kier molecular flexibility index (Phi) is 8.11. The fourth-order valence-corrected chi connectivity index (χ4v) is 2.82. The zero-order chi connectivity index (χ0) is 14.8. The number of aromatic nitrogens is 1. The van der Waals surface area contributed by atoms with Gasteiger partial charge < -0.3 is 15.5 Å². The number of nitrogens with two attached hydrogens (primary N) is 1. The molecule has 124 valence electrons. The van der Waals surface area contributed by atoms with Crippen molar-refractivity contribution in [3.8, 4) is 0 Å². The van der Waals surface area contributed by atoms with E-state index in [1.54, 1.807) is 17.4 Å². The minimum atomic E-state index is -0.476. The molecule has 1 unspecified atom stereocenters. The van der Waals surface area contributed by atoms with Crippen molar-refractivity contribution in [3.63, 3.8) is 0 Å². The van der Waals surface area contributed by atoms with Crippen molar-refractivity contribution < 1.29 is 9.21 Å². The van der Waals surface area contributed by atoms with Gasteiger partial charge >= 0.3 is 0 Å². The van der Waals surface area contributed by atoms with Crippen LogP contribution in [0.3, 0.4) is 0 Å². The molecule has 2 aromatic rings. The number of furan rings is 1. The van der Waals surface area contributed by atoms with E-state index >= 15 is 0 Å². The Bertz CT molecular complexity index is 615. The Morgan fingerprint density at radius 3 is 2.64 bits per heavy atom. The quantitative estimate of drug-likeness (QED) is 0.850. The molecular weight excluding hydrogens is 345 g/mol. The lowest BCUT2D eigenvalue weighted by Crippen LogP contribution is -2.42. The minimum absolute atomic E-state index is 0. The molecule has 0 saturated carbocycles. The van der Waals surface area contributed by atoms with Crippen LogP contribution in [-0.2, 0) is 12.1 Å². The maximum Gasteiger partial charge on any atom is 0.255 e. The Morgan fingerprint density at radius 1 is 1.50 bits per heavy atom. The maximum absolute atomic E-state index is 12.3. The van der Waals surface area contributed by atoms with Crippen molar-refractivity contribution in [1.82, 2.24) is 10.3 Å². The van der Waals surface area contributed by atoms with E-state index in [2.05, 4.69) is 10.3 Å². The van der Waals surface area contributed by atoms with Gasteiger partial charge in [0.1, 0.15) is 17.0 Å². The van der Waals surface area contributed by atoms with Crippen LogP contribution in [0.25, 0.3) is 0 Å². The third-order valence-corrected chi connectivity index (χ3v) is 4.53. The number of aryl methyl sites for hydroxylation is 1. The first kappa shape index (κ1) is 20.9. The Balaban J connectivity index is 0.00000220. The summed E-state index contributed by atoms with van der Waals surface area (Å²) in [6, 6.07) is 1.67. The van der Waals surface area contributed by atoms with Crippen LogP contribution in [0.2, 0.25) is 0 Å². The second-order valence-electron chi connectivity index (χ2n) is 4.94. The van der Waals surface area contributed by atoms with Gasteiger partial charge in [-0.15, -0.1) is 36.2 Å². The van der Waals surface area contributed by atoms with Crippen LogP contribution in [0.1, 0.15) is 47.1 Å². The third kappa shape index (κ3) is 4.46.